The number of ether oxygens (including phenoxy) is 1. The molecule has 0 spiro atoms. The quantitative estimate of drug-likeness (QED) is 0.467. The Morgan fingerprint density at radius 2 is 2.00 bits per heavy atom. The van der Waals surface area contributed by atoms with E-state index < -0.39 is 17.2 Å². The predicted molar refractivity (Wildman–Crippen MR) is 94.9 cm³/mol. The Hall–Kier alpha value is -2.25. The van der Waals surface area contributed by atoms with E-state index in [2.05, 4.69) is 31.1 Å². The molecule has 8 heteroatoms. The first-order chi connectivity index (χ1) is 11.1. The van der Waals surface area contributed by atoms with E-state index in [1.165, 1.54) is 0 Å². The lowest BCUT2D eigenvalue weighted by atomic mass is 10.1. The second-order valence-electron chi connectivity index (χ2n) is 7.14. The summed E-state index contributed by atoms with van der Waals surface area (Å²) in [7, 11) is 0. The fourth-order valence-electron chi connectivity index (χ4n) is 1.81. The van der Waals surface area contributed by atoms with E-state index >= 15 is 0 Å². The molecule has 0 fully saturated rings. The number of aromatic amines is 1. The number of hydrogen-bond acceptors (Lipinski definition) is 4. The van der Waals surface area contributed by atoms with E-state index in [1.807, 2.05) is 47.6 Å². The number of guanidine groups is 1. The summed E-state index contributed by atoms with van der Waals surface area (Å²) in [5.74, 6) is 0.672. The van der Waals surface area contributed by atoms with Crippen LogP contribution in [0.3, 0.4) is 0 Å². The summed E-state index contributed by atoms with van der Waals surface area (Å²) in [6.07, 6.45) is 1.26. The van der Waals surface area contributed by atoms with Gasteiger partial charge in [-0.2, -0.15) is 5.10 Å². The van der Waals surface area contributed by atoms with Crippen LogP contribution in [0.5, 0.6) is 0 Å². The molecule has 0 saturated carbocycles. The van der Waals surface area contributed by atoms with Gasteiger partial charge in [-0.15, -0.1) is 0 Å². The number of aromatic nitrogens is 2. The van der Waals surface area contributed by atoms with Crippen LogP contribution in [0.1, 0.15) is 47.2 Å². The van der Waals surface area contributed by atoms with Crippen molar-refractivity contribution in [3.05, 3.63) is 18.0 Å². The maximum absolute atomic E-state index is 11.9. The number of alkyl carbamates (subject to hydrolysis) is 1. The Morgan fingerprint density at radius 3 is 2.54 bits per heavy atom. The highest BCUT2D eigenvalue weighted by atomic mass is 16.6. The lowest BCUT2D eigenvalue weighted by Gasteiger charge is -2.29. The van der Waals surface area contributed by atoms with Gasteiger partial charge >= 0.3 is 6.09 Å². The molecule has 0 aromatic carbocycles. The van der Waals surface area contributed by atoms with Gasteiger partial charge in [-0.05, 0) is 47.6 Å². The number of carbonyl (C=O) groups excluding carboxylic acids is 1. The minimum atomic E-state index is -0.520. The molecule has 24 heavy (non-hydrogen) atoms. The molecule has 1 rings (SSSR count). The number of nitrogens with zero attached hydrogens (tertiary/aromatic N) is 2. The van der Waals surface area contributed by atoms with Crippen molar-refractivity contribution in [1.29, 1.82) is 0 Å². The molecule has 0 aliphatic heterocycles. The van der Waals surface area contributed by atoms with Crippen LogP contribution < -0.4 is 16.0 Å². The van der Waals surface area contributed by atoms with Crippen molar-refractivity contribution in [2.24, 2.45) is 4.99 Å². The lowest BCUT2D eigenvalue weighted by Crippen LogP contribution is -2.54. The first-order valence-electron chi connectivity index (χ1n) is 8.13. The Morgan fingerprint density at radius 1 is 1.29 bits per heavy atom. The Kier molecular flexibility index (Phi) is 7.06. The van der Waals surface area contributed by atoms with Gasteiger partial charge in [0.05, 0.1) is 17.8 Å². The van der Waals surface area contributed by atoms with Crippen molar-refractivity contribution in [1.82, 2.24) is 26.1 Å². The average Bonchev–Trinajstić information content (AvgIpc) is 2.92. The Bertz CT molecular complexity index is 531. The third kappa shape index (κ3) is 8.40. The number of rotatable bonds is 6. The zero-order valence-electron chi connectivity index (χ0n) is 15.5. The van der Waals surface area contributed by atoms with Gasteiger partial charge in [0, 0.05) is 19.3 Å². The molecule has 4 N–H and O–H groups in total. The second kappa shape index (κ2) is 8.56. The Balaban J connectivity index is 2.54. The van der Waals surface area contributed by atoms with Gasteiger partial charge in [0.1, 0.15) is 5.60 Å². The fourth-order valence-corrected chi connectivity index (χ4v) is 1.81. The van der Waals surface area contributed by atoms with Crippen molar-refractivity contribution in [3.8, 4) is 0 Å². The van der Waals surface area contributed by atoms with Gasteiger partial charge in [0.15, 0.2) is 5.96 Å². The molecule has 1 aromatic heterocycles. The number of nitrogens with one attached hydrogen (secondary N) is 4. The third-order valence-corrected chi connectivity index (χ3v) is 2.85. The van der Waals surface area contributed by atoms with Gasteiger partial charge in [-0.1, -0.05) is 0 Å². The average molecular weight is 338 g/mol. The number of aliphatic imine (C=N–C) groups is 1. The zero-order valence-corrected chi connectivity index (χ0v) is 15.5. The summed E-state index contributed by atoms with van der Waals surface area (Å²) in [6, 6.07) is 1.88. The SMILES string of the molecule is CCNC(=NCc1ccn[nH]1)NCC(C)(C)NC(=O)OC(C)(C)C. The first-order valence-corrected chi connectivity index (χ1v) is 8.13. The molecule has 1 aromatic rings. The van der Waals surface area contributed by atoms with Crippen LogP contribution in [0.4, 0.5) is 4.79 Å². The summed E-state index contributed by atoms with van der Waals surface area (Å²) in [5.41, 5.74) is -0.0843. The second-order valence-corrected chi connectivity index (χ2v) is 7.14. The molecule has 0 aliphatic carbocycles. The molecular formula is C16H30N6O2. The molecule has 0 radical (unpaired) electrons. The molecule has 1 heterocycles. The highest BCUT2D eigenvalue weighted by Gasteiger charge is 2.24. The normalized spacial score (nSPS) is 12.7. The largest absolute Gasteiger partial charge is 0.444 e. The molecule has 0 atom stereocenters. The molecule has 0 saturated heterocycles. The summed E-state index contributed by atoms with van der Waals surface area (Å²) in [4.78, 5) is 16.4. The smallest absolute Gasteiger partial charge is 0.408 e. The molecule has 136 valence electrons. The summed E-state index contributed by atoms with van der Waals surface area (Å²) in [5, 5.41) is 16.0. The van der Waals surface area contributed by atoms with Crippen molar-refractivity contribution >= 4 is 12.1 Å². The van der Waals surface area contributed by atoms with Gasteiger partial charge in [-0.25, -0.2) is 9.79 Å². The van der Waals surface area contributed by atoms with Crippen LogP contribution in [-0.2, 0) is 11.3 Å². The summed E-state index contributed by atoms with van der Waals surface area (Å²) < 4.78 is 5.29. The van der Waals surface area contributed by atoms with E-state index in [1.54, 1.807) is 6.20 Å². The molecular weight excluding hydrogens is 308 g/mol. The molecule has 0 aliphatic rings. The van der Waals surface area contributed by atoms with Crippen molar-refractivity contribution in [2.75, 3.05) is 13.1 Å². The molecule has 0 bridgehead atoms. The Labute approximate surface area is 143 Å². The van der Waals surface area contributed by atoms with E-state index in [4.69, 9.17) is 4.74 Å². The fraction of sp³-hybridized carbons (Fsp3) is 0.688. The number of carbonyl (C=O) groups is 1. The minimum absolute atomic E-state index is 0.436. The molecule has 1 amide bonds. The number of amides is 1. The van der Waals surface area contributed by atoms with E-state index in [0.29, 0.717) is 19.0 Å². The zero-order chi connectivity index (χ0) is 18.2. The van der Waals surface area contributed by atoms with Crippen molar-refractivity contribution in [2.45, 2.75) is 59.2 Å². The molecule has 0 unspecified atom stereocenters. The minimum Gasteiger partial charge on any atom is -0.444 e. The maximum Gasteiger partial charge on any atom is 0.408 e. The first kappa shape index (κ1) is 19.8. The summed E-state index contributed by atoms with van der Waals surface area (Å²) in [6.45, 7) is 13.1. The van der Waals surface area contributed by atoms with Gasteiger partial charge in [0.25, 0.3) is 0 Å². The van der Waals surface area contributed by atoms with Crippen molar-refractivity contribution in [3.63, 3.8) is 0 Å². The van der Waals surface area contributed by atoms with Crippen LogP contribution in [0, 0.1) is 0 Å². The van der Waals surface area contributed by atoms with Gasteiger partial charge in [-0.3, -0.25) is 5.10 Å². The van der Waals surface area contributed by atoms with Crippen LogP contribution in [0.25, 0.3) is 0 Å². The standard InChI is InChI=1S/C16H30N6O2/c1-7-17-13(18-10-12-8-9-20-22-12)19-11-16(5,6)21-14(23)24-15(2,3)4/h8-9H,7,10-11H2,1-6H3,(H,20,22)(H,21,23)(H2,17,18,19). The van der Waals surface area contributed by atoms with Gasteiger partial charge < -0.3 is 20.7 Å². The van der Waals surface area contributed by atoms with Gasteiger partial charge in [0.2, 0.25) is 0 Å². The van der Waals surface area contributed by atoms with Crippen LogP contribution >= 0.6 is 0 Å². The molecule has 8 nitrogen and oxygen atoms in total. The highest BCUT2D eigenvalue weighted by molar-refractivity contribution is 5.80. The van der Waals surface area contributed by atoms with Crippen LogP contribution in [-0.4, -0.2) is 46.5 Å². The van der Waals surface area contributed by atoms with Crippen LogP contribution in [0.2, 0.25) is 0 Å². The van der Waals surface area contributed by atoms with E-state index in [9.17, 15) is 4.79 Å². The van der Waals surface area contributed by atoms with Crippen LogP contribution in [0.15, 0.2) is 17.3 Å². The predicted octanol–water partition coefficient (Wildman–Crippen LogP) is 1.77. The van der Waals surface area contributed by atoms with E-state index in [-0.39, 0.29) is 0 Å². The van der Waals surface area contributed by atoms with E-state index in [0.717, 1.165) is 12.2 Å². The number of hydrogen-bond donors (Lipinski definition) is 4. The summed E-state index contributed by atoms with van der Waals surface area (Å²) >= 11 is 0. The lowest BCUT2D eigenvalue weighted by molar-refractivity contribution is 0.0474. The maximum atomic E-state index is 11.9. The highest BCUT2D eigenvalue weighted by Crippen LogP contribution is 2.09. The third-order valence-electron chi connectivity index (χ3n) is 2.85. The number of H-pyrrole nitrogens is 1. The monoisotopic (exact) mass is 338 g/mol. The topological polar surface area (TPSA) is 103 Å². The van der Waals surface area contributed by atoms with Crippen molar-refractivity contribution < 1.29 is 9.53 Å².